The summed E-state index contributed by atoms with van der Waals surface area (Å²) in [5, 5.41) is 3.13. The normalized spacial score (nSPS) is 23.2. The number of hydrogen-bond acceptors (Lipinski definition) is 4. The third-order valence-corrected chi connectivity index (χ3v) is 7.92. The second-order valence-electron chi connectivity index (χ2n) is 10.2. The molecule has 3 aliphatic rings. The minimum atomic E-state index is -0.468. The molecule has 1 aromatic heterocycles. The molecule has 4 heterocycles. The van der Waals surface area contributed by atoms with Gasteiger partial charge in [0, 0.05) is 62.5 Å². The van der Waals surface area contributed by atoms with Crippen molar-refractivity contribution in [3.8, 4) is 0 Å². The first-order chi connectivity index (χ1) is 16.5. The SMILES string of the molecule is CC[C@H](C)[C@H](C(=O)NCCN1C[C@H]2C[C@@H](C1)c1cccc(=O)n1C2)N1Cc2ccccc2C1=O. The van der Waals surface area contributed by atoms with Crippen LogP contribution in [0.4, 0.5) is 0 Å². The molecule has 0 saturated carbocycles. The van der Waals surface area contributed by atoms with Crippen LogP contribution in [0.25, 0.3) is 0 Å². The second kappa shape index (κ2) is 9.37. The van der Waals surface area contributed by atoms with Crippen molar-refractivity contribution in [1.82, 2.24) is 19.7 Å². The number of likely N-dealkylation sites (tertiary alicyclic amines) is 1. The summed E-state index contributed by atoms with van der Waals surface area (Å²) < 4.78 is 1.94. The van der Waals surface area contributed by atoms with Gasteiger partial charge in [0.15, 0.2) is 0 Å². The lowest BCUT2D eigenvalue weighted by Crippen LogP contribution is -2.52. The Labute approximate surface area is 200 Å². The van der Waals surface area contributed by atoms with Crippen molar-refractivity contribution in [2.24, 2.45) is 11.8 Å². The Hall–Kier alpha value is -2.93. The number of amides is 2. The van der Waals surface area contributed by atoms with Crippen LogP contribution in [0.5, 0.6) is 0 Å². The molecule has 2 amide bonds. The highest BCUT2D eigenvalue weighted by Gasteiger charge is 2.39. The molecule has 0 unspecified atom stereocenters. The highest BCUT2D eigenvalue weighted by molar-refractivity contribution is 6.01. The van der Waals surface area contributed by atoms with Crippen molar-refractivity contribution in [1.29, 1.82) is 0 Å². The first-order valence-corrected chi connectivity index (χ1v) is 12.5. The molecule has 4 atom stereocenters. The van der Waals surface area contributed by atoms with E-state index in [9.17, 15) is 14.4 Å². The third-order valence-electron chi connectivity index (χ3n) is 7.92. The van der Waals surface area contributed by atoms with E-state index in [1.54, 1.807) is 11.0 Å². The van der Waals surface area contributed by atoms with Crippen LogP contribution in [0.15, 0.2) is 47.3 Å². The summed E-state index contributed by atoms with van der Waals surface area (Å²) in [6.45, 7) is 8.57. The van der Waals surface area contributed by atoms with E-state index in [-0.39, 0.29) is 23.3 Å². The van der Waals surface area contributed by atoms with E-state index >= 15 is 0 Å². The predicted molar refractivity (Wildman–Crippen MR) is 131 cm³/mol. The van der Waals surface area contributed by atoms with Gasteiger partial charge in [0.05, 0.1) is 0 Å². The van der Waals surface area contributed by atoms with Crippen molar-refractivity contribution in [2.45, 2.75) is 51.7 Å². The van der Waals surface area contributed by atoms with Gasteiger partial charge < -0.3 is 19.7 Å². The van der Waals surface area contributed by atoms with Crippen LogP contribution in [0.1, 0.15) is 54.2 Å². The summed E-state index contributed by atoms with van der Waals surface area (Å²) in [5.74, 6) is 0.794. The van der Waals surface area contributed by atoms with E-state index in [1.165, 1.54) is 0 Å². The zero-order chi connectivity index (χ0) is 23.8. The monoisotopic (exact) mass is 462 g/mol. The van der Waals surface area contributed by atoms with E-state index in [0.717, 1.165) is 50.3 Å². The number of nitrogens with zero attached hydrogens (tertiary/aromatic N) is 3. The van der Waals surface area contributed by atoms with Gasteiger partial charge in [0.25, 0.3) is 11.5 Å². The first-order valence-electron chi connectivity index (χ1n) is 12.5. The van der Waals surface area contributed by atoms with Crippen LogP contribution in [-0.4, -0.2) is 58.4 Å². The van der Waals surface area contributed by atoms with Gasteiger partial charge in [-0.1, -0.05) is 44.5 Å². The Bertz CT molecular complexity index is 1140. The molecule has 34 heavy (non-hydrogen) atoms. The number of carbonyl (C=O) groups is 2. The number of fused-ring (bicyclic) bond motifs is 5. The summed E-state index contributed by atoms with van der Waals surface area (Å²) >= 11 is 0. The number of carbonyl (C=O) groups excluding carboxylic acids is 2. The Morgan fingerprint density at radius 2 is 1.91 bits per heavy atom. The van der Waals surface area contributed by atoms with Gasteiger partial charge in [0.1, 0.15) is 6.04 Å². The zero-order valence-electron chi connectivity index (χ0n) is 20.1. The minimum Gasteiger partial charge on any atom is -0.353 e. The van der Waals surface area contributed by atoms with Gasteiger partial charge in [-0.3, -0.25) is 14.4 Å². The summed E-state index contributed by atoms with van der Waals surface area (Å²) in [5.41, 5.74) is 2.94. The lowest BCUT2D eigenvalue weighted by atomic mass is 9.83. The maximum atomic E-state index is 13.3. The van der Waals surface area contributed by atoms with E-state index in [1.807, 2.05) is 41.8 Å². The number of piperidine rings is 1. The molecule has 5 rings (SSSR count). The maximum Gasteiger partial charge on any atom is 0.255 e. The average molecular weight is 463 g/mol. The van der Waals surface area contributed by atoms with Crippen LogP contribution >= 0.6 is 0 Å². The van der Waals surface area contributed by atoms with Crippen LogP contribution in [0.3, 0.4) is 0 Å². The highest BCUT2D eigenvalue weighted by Crippen LogP contribution is 2.34. The molecule has 0 radical (unpaired) electrons. The van der Waals surface area contributed by atoms with Crippen LogP contribution in [0, 0.1) is 11.8 Å². The highest BCUT2D eigenvalue weighted by atomic mass is 16.2. The van der Waals surface area contributed by atoms with Crippen molar-refractivity contribution in [3.05, 3.63) is 69.6 Å². The van der Waals surface area contributed by atoms with Gasteiger partial charge in [-0.15, -0.1) is 0 Å². The van der Waals surface area contributed by atoms with E-state index in [0.29, 0.717) is 30.5 Å². The molecule has 1 aromatic carbocycles. The van der Waals surface area contributed by atoms with Gasteiger partial charge in [0.2, 0.25) is 5.91 Å². The van der Waals surface area contributed by atoms with Crippen molar-refractivity contribution in [3.63, 3.8) is 0 Å². The van der Waals surface area contributed by atoms with E-state index in [2.05, 4.69) is 23.2 Å². The zero-order valence-corrected chi connectivity index (χ0v) is 20.1. The van der Waals surface area contributed by atoms with E-state index in [4.69, 9.17) is 0 Å². The molecule has 7 heteroatoms. The fourth-order valence-electron chi connectivity index (χ4n) is 6.05. The number of benzene rings is 1. The summed E-state index contributed by atoms with van der Waals surface area (Å²) in [7, 11) is 0. The summed E-state index contributed by atoms with van der Waals surface area (Å²) in [6, 6.07) is 12.8. The van der Waals surface area contributed by atoms with Crippen LogP contribution < -0.4 is 10.9 Å². The first kappa shape index (κ1) is 22.8. The molecule has 1 saturated heterocycles. The molecular weight excluding hydrogens is 428 g/mol. The molecular formula is C27H34N4O3. The number of hydrogen-bond donors (Lipinski definition) is 1. The number of rotatable bonds is 7. The van der Waals surface area contributed by atoms with Crippen molar-refractivity contribution < 1.29 is 9.59 Å². The molecule has 7 nitrogen and oxygen atoms in total. The van der Waals surface area contributed by atoms with Gasteiger partial charge in [-0.2, -0.15) is 0 Å². The quantitative estimate of drug-likeness (QED) is 0.686. The molecule has 3 aliphatic heterocycles. The molecule has 2 bridgehead atoms. The second-order valence-corrected chi connectivity index (χ2v) is 10.2. The molecule has 180 valence electrons. The molecule has 1 N–H and O–H groups in total. The van der Waals surface area contributed by atoms with Gasteiger partial charge in [-0.05, 0) is 36.0 Å². The molecule has 0 spiro atoms. The smallest absolute Gasteiger partial charge is 0.255 e. The Kier molecular flexibility index (Phi) is 6.30. The van der Waals surface area contributed by atoms with Crippen LogP contribution in [-0.2, 0) is 17.9 Å². The maximum absolute atomic E-state index is 13.3. The number of pyridine rings is 1. The lowest BCUT2D eigenvalue weighted by Gasteiger charge is -2.42. The van der Waals surface area contributed by atoms with Gasteiger partial charge in [-0.25, -0.2) is 0 Å². The van der Waals surface area contributed by atoms with Crippen molar-refractivity contribution >= 4 is 11.8 Å². The molecule has 1 fully saturated rings. The standard InChI is InChI=1S/C27H34N4O3/c1-3-18(2)25(31-17-20-7-4-5-8-22(20)27(31)34)26(33)28-11-12-29-14-19-13-21(16-29)23-9-6-10-24(32)30(23)15-19/h4-10,18-19,21,25H,3,11-17H2,1-2H3,(H,28,33)/t18-,19+,21-,25+/m0/s1. The molecule has 2 aromatic rings. The minimum absolute atomic E-state index is 0.0474. The Balaban J connectivity index is 1.21. The predicted octanol–water partition coefficient (Wildman–Crippen LogP) is 2.45. The topological polar surface area (TPSA) is 74.7 Å². The third kappa shape index (κ3) is 4.17. The average Bonchev–Trinajstić information content (AvgIpc) is 3.16. The Morgan fingerprint density at radius 1 is 1.09 bits per heavy atom. The largest absolute Gasteiger partial charge is 0.353 e. The van der Waals surface area contributed by atoms with Gasteiger partial charge >= 0.3 is 0 Å². The lowest BCUT2D eigenvalue weighted by molar-refractivity contribution is -0.127. The fourth-order valence-corrected chi connectivity index (χ4v) is 6.05. The Morgan fingerprint density at radius 3 is 2.71 bits per heavy atom. The van der Waals surface area contributed by atoms with Crippen molar-refractivity contribution in [2.75, 3.05) is 26.2 Å². The summed E-state index contributed by atoms with van der Waals surface area (Å²) in [6.07, 6.45) is 1.95. The number of aromatic nitrogens is 1. The molecule has 0 aliphatic carbocycles. The number of nitrogens with one attached hydrogen (secondary N) is 1. The summed E-state index contributed by atoms with van der Waals surface area (Å²) in [4.78, 5) is 42.7. The van der Waals surface area contributed by atoms with Crippen LogP contribution in [0.2, 0.25) is 0 Å². The van der Waals surface area contributed by atoms with E-state index < -0.39 is 6.04 Å². The fraction of sp³-hybridized carbons (Fsp3) is 0.519.